The lowest BCUT2D eigenvalue weighted by Crippen LogP contribution is -2.01. The zero-order valence-corrected chi connectivity index (χ0v) is 20.9. The maximum atomic E-state index is 13.4. The van der Waals surface area contributed by atoms with Crippen molar-refractivity contribution in [1.29, 1.82) is 0 Å². The zero-order chi connectivity index (χ0) is 25.2. The van der Waals surface area contributed by atoms with E-state index in [0.29, 0.717) is 38.2 Å². The second-order valence-corrected chi connectivity index (χ2v) is 9.07. The zero-order valence-electron chi connectivity index (χ0n) is 20.1. The predicted octanol–water partition coefficient (Wildman–Crippen LogP) is 6.47. The molecule has 0 radical (unpaired) electrons. The van der Waals surface area contributed by atoms with Gasteiger partial charge in [-0.15, -0.1) is 11.3 Å². The molecule has 0 saturated heterocycles. The summed E-state index contributed by atoms with van der Waals surface area (Å²) >= 11 is 1.29. The second kappa shape index (κ2) is 9.71. The Balaban J connectivity index is 1.78. The van der Waals surface area contributed by atoms with Crippen LogP contribution in [0.1, 0.15) is 15.2 Å². The van der Waals surface area contributed by atoms with Crippen LogP contribution in [0.3, 0.4) is 0 Å². The van der Waals surface area contributed by atoms with Crippen LogP contribution in [-0.2, 0) is 0 Å². The van der Waals surface area contributed by atoms with Crippen molar-refractivity contribution in [3.63, 3.8) is 0 Å². The van der Waals surface area contributed by atoms with E-state index in [1.165, 1.54) is 11.3 Å². The molecule has 0 aliphatic rings. The average molecular weight is 497 g/mol. The van der Waals surface area contributed by atoms with Crippen LogP contribution in [0.5, 0.6) is 17.2 Å². The first kappa shape index (κ1) is 23.4. The molecule has 180 valence electrons. The summed E-state index contributed by atoms with van der Waals surface area (Å²) in [5.74, 6) is 1.96. The summed E-state index contributed by atoms with van der Waals surface area (Å²) in [6.45, 7) is 0. The highest BCUT2D eigenvalue weighted by molar-refractivity contribution is 7.21. The molecule has 3 aromatic carbocycles. The molecule has 2 heterocycles. The summed E-state index contributed by atoms with van der Waals surface area (Å²) in [5, 5.41) is 0.745. The van der Waals surface area contributed by atoms with Crippen LogP contribution in [0.15, 0.2) is 78.9 Å². The van der Waals surface area contributed by atoms with Gasteiger partial charge in [0.1, 0.15) is 27.0 Å². The molecule has 0 spiro atoms. The molecule has 0 fully saturated rings. The molecule has 0 aliphatic carbocycles. The predicted molar refractivity (Wildman–Crippen MR) is 144 cm³/mol. The van der Waals surface area contributed by atoms with Crippen LogP contribution < -0.4 is 19.9 Å². The molecule has 0 amide bonds. The van der Waals surface area contributed by atoms with E-state index in [-0.39, 0.29) is 5.78 Å². The van der Waals surface area contributed by atoms with E-state index in [9.17, 15) is 4.79 Å². The van der Waals surface area contributed by atoms with Crippen LogP contribution in [0.25, 0.3) is 32.6 Å². The first-order chi connectivity index (χ1) is 17.5. The summed E-state index contributed by atoms with van der Waals surface area (Å²) < 4.78 is 16.4. The van der Waals surface area contributed by atoms with Gasteiger partial charge in [0.05, 0.1) is 32.7 Å². The molecule has 7 heteroatoms. The number of hydrogen-bond acceptors (Lipinski definition) is 7. The number of carbonyl (C=O) groups is 1. The van der Waals surface area contributed by atoms with Crippen molar-refractivity contribution in [3.05, 3.63) is 89.3 Å². The summed E-state index contributed by atoms with van der Waals surface area (Å²) in [7, 11) is 4.87. The Kier molecular flexibility index (Phi) is 6.31. The van der Waals surface area contributed by atoms with Gasteiger partial charge in [-0.05, 0) is 47.5 Å². The molecule has 0 saturated carbocycles. The van der Waals surface area contributed by atoms with Crippen LogP contribution in [0, 0.1) is 0 Å². The van der Waals surface area contributed by atoms with E-state index < -0.39 is 0 Å². The van der Waals surface area contributed by atoms with E-state index >= 15 is 0 Å². The number of methoxy groups -OCH3 is 3. The third-order valence-electron chi connectivity index (χ3n) is 6.02. The highest BCUT2D eigenvalue weighted by Crippen LogP contribution is 2.44. The van der Waals surface area contributed by atoms with Gasteiger partial charge in [-0.1, -0.05) is 42.5 Å². The van der Waals surface area contributed by atoms with E-state index in [2.05, 4.69) is 0 Å². The largest absolute Gasteiger partial charge is 0.497 e. The van der Waals surface area contributed by atoms with Gasteiger partial charge >= 0.3 is 0 Å². The molecule has 2 aromatic heterocycles. The number of nitrogen functional groups attached to an aromatic ring is 1. The number of rotatable bonds is 7. The molecule has 5 rings (SSSR count). The normalized spacial score (nSPS) is 10.9. The molecule has 0 atom stereocenters. The fraction of sp³-hybridized carbons (Fsp3) is 0.103. The molecule has 0 unspecified atom stereocenters. The van der Waals surface area contributed by atoms with Crippen molar-refractivity contribution in [1.82, 2.24) is 4.98 Å². The van der Waals surface area contributed by atoms with Crippen molar-refractivity contribution >= 4 is 33.0 Å². The monoisotopic (exact) mass is 496 g/mol. The lowest BCUT2D eigenvalue weighted by atomic mass is 9.98. The van der Waals surface area contributed by atoms with E-state index in [0.717, 1.165) is 27.8 Å². The fourth-order valence-corrected chi connectivity index (χ4v) is 5.24. The van der Waals surface area contributed by atoms with Gasteiger partial charge in [0.15, 0.2) is 0 Å². The van der Waals surface area contributed by atoms with Crippen LogP contribution in [0.4, 0.5) is 5.69 Å². The van der Waals surface area contributed by atoms with Gasteiger partial charge in [-0.2, -0.15) is 0 Å². The second-order valence-electron chi connectivity index (χ2n) is 8.07. The van der Waals surface area contributed by atoms with Crippen molar-refractivity contribution in [2.75, 3.05) is 27.1 Å². The number of nitrogens with zero attached hydrogens (tertiary/aromatic N) is 1. The number of benzene rings is 3. The number of thiophene rings is 1. The van der Waals surface area contributed by atoms with Gasteiger partial charge < -0.3 is 19.9 Å². The van der Waals surface area contributed by atoms with Crippen molar-refractivity contribution in [2.24, 2.45) is 0 Å². The Bertz CT molecular complexity index is 1560. The number of nitrogens with two attached hydrogens (primary N) is 1. The Labute approximate surface area is 212 Å². The topological polar surface area (TPSA) is 83.7 Å². The first-order valence-corrected chi connectivity index (χ1v) is 12.0. The number of carbonyl (C=O) groups excluding carboxylic acids is 1. The van der Waals surface area contributed by atoms with E-state index in [1.54, 1.807) is 33.5 Å². The average Bonchev–Trinajstić information content (AvgIpc) is 3.28. The van der Waals surface area contributed by atoms with Gasteiger partial charge in [0.2, 0.25) is 5.78 Å². The molecular formula is C29H24N2O4S. The molecule has 0 aliphatic heterocycles. The van der Waals surface area contributed by atoms with E-state index in [4.69, 9.17) is 24.9 Å². The Hall–Kier alpha value is -4.36. The minimum atomic E-state index is -0.128. The molecule has 5 aromatic rings. The molecular weight excluding hydrogens is 472 g/mol. The third-order valence-corrected chi connectivity index (χ3v) is 7.12. The Morgan fingerprint density at radius 3 is 2.17 bits per heavy atom. The summed E-state index contributed by atoms with van der Waals surface area (Å²) in [6, 6.07) is 24.4. The van der Waals surface area contributed by atoms with E-state index in [1.807, 2.05) is 66.7 Å². The minimum Gasteiger partial charge on any atom is -0.497 e. The third kappa shape index (κ3) is 4.14. The van der Waals surface area contributed by atoms with Crippen LogP contribution in [0.2, 0.25) is 0 Å². The Morgan fingerprint density at radius 1 is 0.806 bits per heavy atom. The first-order valence-electron chi connectivity index (χ1n) is 11.2. The van der Waals surface area contributed by atoms with Gasteiger partial charge in [0.25, 0.3) is 0 Å². The lowest BCUT2D eigenvalue weighted by Gasteiger charge is -2.13. The summed E-state index contributed by atoms with van der Waals surface area (Å²) in [6.07, 6.45) is 0. The quantitative estimate of drug-likeness (QED) is 0.260. The SMILES string of the molecule is COc1ccc(-c2cc(-c3cc(OC)ccc3OC)nc3sc(C(=O)c4ccccc4)c(N)c23)cc1. The number of pyridine rings is 1. The molecule has 2 N–H and O–H groups in total. The number of anilines is 1. The maximum Gasteiger partial charge on any atom is 0.205 e. The Morgan fingerprint density at radius 2 is 1.50 bits per heavy atom. The summed E-state index contributed by atoms with van der Waals surface area (Å²) in [4.78, 5) is 19.4. The van der Waals surface area contributed by atoms with Gasteiger partial charge in [0, 0.05) is 16.5 Å². The number of ether oxygens (including phenoxy) is 3. The van der Waals surface area contributed by atoms with Crippen molar-refractivity contribution < 1.29 is 19.0 Å². The molecule has 6 nitrogen and oxygen atoms in total. The highest BCUT2D eigenvalue weighted by Gasteiger charge is 2.23. The molecule has 36 heavy (non-hydrogen) atoms. The van der Waals surface area contributed by atoms with Crippen LogP contribution in [-0.4, -0.2) is 32.1 Å². The van der Waals surface area contributed by atoms with Crippen molar-refractivity contribution in [2.45, 2.75) is 0 Å². The number of fused-ring (bicyclic) bond motifs is 1. The summed E-state index contributed by atoms with van der Waals surface area (Å²) in [5.41, 5.74) is 10.9. The van der Waals surface area contributed by atoms with Crippen molar-refractivity contribution in [3.8, 4) is 39.6 Å². The van der Waals surface area contributed by atoms with Gasteiger partial charge in [-0.25, -0.2) is 4.98 Å². The van der Waals surface area contributed by atoms with Crippen LogP contribution >= 0.6 is 11.3 Å². The smallest absolute Gasteiger partial charge is 0.205 e. The number of hydrogen-bond donors (Lipinski definition) is 1. The minimum absolute atomic E-state index is 0.128. The number of aromatic nitrogens is 1. The highest BCUT2D eigenvalue weighted by atomic mass is 32.1. The fourth-order valence-electron chi connectivity index (χ4n) is 4.16. The van der Waals surface area contributed by atoms with Gasteiger partial charge in [-0.3, -0.25) is 4.79 Å². The standard InChI is InChI=1S/C29H24N2O4S/c1-33-19-11-9-17(10-12-19)21-16-23(22-15-20(34-2)13-14-24(22)35-3)31-29-25(21)26(30)28(36-29)27(32)18-7-5-4-6-8-18/h4-16H,30H2,1-3H3. The lowest BCUT2D eigenvalue weighted by molar-refractivity contribution is 0.104. The number of ketones is 1. The molecule has 0 bridgehead atoms. The maximum absolute atomic E-state index is 13.4.